The summed E-state index contributed by atoms with van der Waals surface area (Å²) in [6.45, 7) is 4.50. The summed E-state index contributed by atoms with van der Waals surface area (Å²) in [4.78, 5) is 11.6. The summed E-state index contributed by atoms with van der Waals surface area (Å²) in [5, 5.41) is 3.35. The Balaban J connectivity index is 1.68. The van der Waals surface area contributed by atoms with Gasteiger partial charge >= 0.3 is 5.97 Å². The van der Waals surface area contributed by atoms with Crippen molar-refractivity contribution < 1.29 is 14.3 Å². The van der Waals surface area contributed by atoms with E-state index in [-0.39, 0.29) is 11.9 Å². The van der Waals surface area contributed by atoms with Gasteiger partial charge in [0.1, 0.15) is 0 Å². The van der Waals surface area contributed by atoms with E-state index in [1.165, 1.54) is 0 Å². The maximum absolute atomic E-state index is 11.6. The van der Waals surface area contributed by atoms with Gasteiger partial charge in [-0.2, -0.15) is 0 Å². The Kier molecular flexibility index (Phi) is 5.45. The van der Waals surface area contributed by atoms with Crippen LogP contribution in [0.5, 0.6) is 0 Å². The van der Waals surface area contributed by atoms with Crippen LogP contribution in [0.3, 0.4) is 0 Å². The van der Waals surface area contributed by atoms with Gasteiger partial charge in [-0.1, -0.05) is 0 Å². The normalized spacial score (nSPS) is 30.1. The highest BCUT2D eigenvalue weighted by atomic mass is 16.5. The summed E-state index contributed by atoms with van der Waals surface area (Å²) < 4.78 is 11.2. The van der Waals surface area contributed by atoms with E-state index in [9.17, 15) is 4.79 Å². The van der Waals surface area contributed by atoms with Gasteiger partial charge in [0.15, 0.2) is 0 Å². The third kappa shape index (κ3) is 3.95. The Bertz CT molecular complexity index is 256. The molecular weight excluding hydrogens is 230 g/mol. The second kappa shape index (κ2) is 7.10. The minimum absolute atomic E-state index is 0.0159. The SMILES string of the molecule is CCOC(=O)[C@H]1CC[C@@H](OC2CCNCC2)CC1. The van der Waals surface area contributed by atoms with Crippen LogP contribution in [0, 0.1) is 5.92 Å². The Hall–Kier alpha value is -0.610. The molecule has 0 aromatic heterocycles. The monoisotopic (exact) mass is 255 g/mol. The van der Waals surface area contributed by atoms with E-state index >= 15 is 0 Å². The molecule has 2 fully saturated rings. The van der Waals surface area contributed by atoms with Gasteiger partial charge in [0.25, 0.3) is 0 Å². The van der Waals surface area contributed by atoms with Crippen molar-refractivity contribution in [3.63, 3.8) is 0 Å². The molecule has 1 heterocycles. The molecule has 4 heteroatoms. The molecule has 0 amide bonds. The Morgan fingerprint density at radius 2 is 1.67 bits per heavy atom. The van der Waals surface area contributed by atoms with Crippen molar-refractivity contribution in [3.8, 4) is 0 Å². The highest BCUT2D eigenvalue weighted by Gasteiger charge is 2.29. The topological polar surface area (TPSA) is 47.6 Å². The molecule has 2 aliphatic rings. The molecule has 4 nitrogen and oxygen atoms in total. The minimum atomic E-state index is -0.0159. The molecule has 1 N–H and O–H groups in total. The van der Waals surface area contributed by atoms with Gasteiger partial charge < -0.3 is 14.8 Å². The van der Waals surface area contributed by atoms with E-state index in [0.717, 1.165) is 51.6 Å². The molecule has 0 radical (unpaired) electrons. The molecule has 0 spiro atoms. The number of nitrogens with one attached hydrogen (secondary N) is 1. The first-order valence-electron chi connectivity index (χ1n) is 7.32. The van der Waals surface area contributed by atoms with E-state index in [1.54, 1.807) is 0 Å². The predicted octanol–water partition coefficient (Wildman–Crippen LogP) is 1.88. The van der Waals surface area contributed by atoms with Crippen molar-refractivity contribution >= 4 is 5.97 Å². The van der Waals surface area contributed by atoms with Crippen LogP contribution in [0.1, 0.15) is 45.4 Å². The first-order valence-corrected chi connectivity index (χ1v) is 7.32. The first-order chi connectivity index (χ1) is 8.79. The van der Waals surface area contributed by atoms with Gasteiger partial charge in [0.2, 0.25) is 0 Å². The third-order valence-corrected chi connectivity index (χ3v) is 3.97. The Morgan fingerprint density at radius 3 is 2.28 bits per heavy atom. The number of rotatable bonds is 4. The van der Waals surface area contributed by atoms with Crippen LogP contribution >= 0.6 is 0 Å². The van der Waals surface area contributed by atoms with E-state index in [4.69, 9.17) is 9.47 Å². The lowest BCUT2D eigenvalue weighted by atomic mass is 9.87. The highest BCUT2D eigenvalue weighted by molar-refractivity contribution is 5.72. The van der Waals surface area contributed by atoms with Crippen molar-refractivity contribution in [1.82, 2.24) is 5.32 Å². The molecule has 104 valence electrons. The van der Waals surface area contributed by atoms with Gasteiger partial charge in [-0.3, -0.25) is 4.79 Å². The van der Waals surface area contributed by atoms with Gasteiger partial charge in [0.05, 0.1) is 24.7 Å². The molecule has 0 atom stereocenters. The van der Waals surface area contributed by atoms with Crippen LogP contribution in [0.25, 0.3) is 0 Å². The lowest BCUT2D eigenvalue weighted by molar-refractivity contribution is -0.150. The number of hydrogen-bond donors (Lipinski definition) is 1. The molecule has 18 heavy (non-hydrogen) atoms. The molecule has 0 unspecified atom stereocenters. The van der Waals surface area contributed by atoms with Crippen LogP contribution in [0.15, 0.2) is 0 Å². The number of hydrogen-bond acceptors (Lipinski definition) is 4. The Morgan fingerprint density at radius 1 is 1.06 bits per heavy atom. The van der Waals surface area contributed by atoms with Crippen molar-refractivity contribution in [2.75, 3.05) is 19.7 Å². The number of carbonyl (C=O) groups is 1. The molecule has 1 saturated heterocycles. The molecule has 0 aromatic carbocycles. The largest absolute Gasteiger partial charge is 0.466 e. The molecule has 2 rings (SSSR count). The average Bonchev–Trinajstić information content (AvgIpc) is 2.41. The highest BCUT2D eigenvalue weighted by Crippen LogP contribution is 2.28. The number of esters is 1. The fourth-order valence-corrected chi connectivity index (χ4v) is 2.90. The fourth-order valence-electron chi connectivity index (χ4n) is 2.90. The zero-order valence-electron chi connectivity index (χ0n) is 11.3. The van der Waals surface area contributed by atoms with Crippen LogP contribution < -0.4 is 5.32 Å². The van der Waals surface area contributed by atoms with Crippen molar-refractivity contribution in [2.45, 2.75) is 57.7 Å². The van der Waals surface area contributed by atoms with E-state index in [2.05, 4.69) is 5.32 Å². The predicted molar refractivity (Wildman–Crippen MR) is 69.4 cm³/mol. The number of ether oxygens (including phenoxy) is 2. The molecule has 1 saturated carbocycles. The summed E-state index contributed by atoms with van der Waals surface area (Å²) in [6, 6.07) is 0. The smallest absolute Gasteiger partial charge is 0.308 e. The maximum atomic E-state index is 11.6. The number of carbonyl (C=O) groups excluding carboxylic acids is 1. The lowest BCUT2D eigenvalue weighted by Gasteiger charge is -2.32. The molecule has 0 aromatic rings. The van der Waals surface area contributed by atoms with Crippen LogP contribution in [0.4, 0.5) is 0 Å². The standard InChI is InChI=1S/C14H25NO3/c1-2-17-14(16)11-3-5-12(6-4-11)18-13-7-9-15-10-8-13/h11-13,15H,2-10H2,1H3/t11-,12+. The first kappa shape index (κ1) is 13.8. The lowest BCUT2D eigenvalue weighted by Crippen LogP contribution is -2.36. The average molecular weight is 255 g/mol. The maximum Gasteiger partial charge on any atom is 0.308 e. The van der Waals surface area contributed by atoms with Crippen molar-refractivity contribution in [3.05, 3.63) is 0 Å². The molecule has 0 bridgehead atoms. The van der Waals surface area contributed by atoms with E-state index in [1.807, 2.05) is 6.92 Å². The summed E-state index contributed by atoms with van der Waals surface area (Å²) in [7, 11) is 0. The zero-order chi connectivity index (χ0) is 12.8. The van der Waals surface area contributed by atoms with Gasteiger partial charge in [-0.25, -0.2) is 0 Å². The number of piperidine rings is 1. The Labute approximate surface area is 109 Å². The van der Waals surface area contributed by atoms with E-state index in [0.29, 0.717) is 18.8 Å². The molecule has 1 aliphatic heterocycles. The van der Waals surface area contributed by atoms with Crippen LogP contribution in [-0.2, 0) is 14.3 Å². The summed E-state index contributed by atoms with van der Waals surface area (Å²) in [6.07, 6.45) is 6.90. The second-order valence-electron chi connectivity index (χ2n) is 5.31. The van der Waals surface area contributed by atoms with Gasteiger partial charge in [-0.15, -0.1) is 0 Å². The fraction of sp³-hybridized carbons (Fsp3) is 0.929. The van der Waals surface area contributed by atoms with E-state index < -0.39 is 0 Å². The second-order valence-corrected chi connectivity index (χ2v) is 5.31. The summed E-state index contributed by atoms with van der Waals surface area (Å²) >= 11 is 0. The minimum Gasteiger partial charge on any atom is -0.466 e. The van der Waals surface area contributed by atoms with Crippen LogP contribution in [0.2, 0.25) is 0 Å². The van der Waals surface area contributed by atoms with Gasteiger partial charge in [-0.05, 0) is 58.5 Å². The third-order valence-electron chi connectivity index (χ3n) is 3.97. The summed E-state index contributed by atoms with van der Waals surface area (Å²) in [5.74, 6) is 0.0932. The summed E-state index contributed by atoms with van der Waals surface area (Å²) in [5.41, 5.74) is 0. The quantitative estimate of drug-likeness (QED) is 0.779. The molecular formula is C14H25NO3. The van der Waals surface area contributed by atoms with Gasteiger partial charge in [0, 0.05) is 0 Å². The van der Waals surface area contributed by atoms with Crippen molar-refractivity contribution in [1.29, 1.82) is 0 Å². The zero-order valence-corrected chi connectivity index (χ0v) is 11.3. The van der Waals surface area contributed by atoms with Crippen LogP contribution in [-0.4, -0.2) is 37.9 Å². The molecule has 1 aliphatic carbocycles. The van der Waals surface area contributed by atoms with Crippen molar-refractivity contribution in [2.24, 2.45) is 5.92 Å².